The van der Waals surface area contributed by atoms with Gasteiger partial charge in [0.2, 0.25) is 0 Å². The van der Waals surface area contributed by atoms with Gasteiger partial charge in [0.05, 0.1) is 0 Å². The summed E-state index contributed by atoms with van der Waals surface area (Å²) in [6, 6.07) is 5.86. The molecule has 0 fully saturated rings. The normalized spacial score (nSPS) is 12.0. The SMILES string of the molecule is Cc1cc(Cl)ccc1[C@@H](C)N.Cl. The summed E-state index contributed by atoms with van der Waals surface area (Å²) < 4.78 is 0. The van der Waals surface area contributed by atoms with Crippen LogP contribution in [-0.2, 0) is 0 Å². The largest absolute Gasteiger partial charge is 0.324 e. The Morgan fingerprint density at radius 2 is 2.00 bits per heavy atom. The fourth-order valence-electron chi connectivity index (χ4n) is 1.15. The molecule has 3 heteroatoms. The molecule has 12 heavy (non-hydrogen) atoms. The minimum Gasteiger partial charge on any atom is -0.324 e. The predicted molar refractivity (Wildman–Crippen MR) is 56.0 cm³/mol. The average Bonchev–Trinajstić information content (AvgIpc) is 1.85. The van der Waals surface area contributed by atoms with Gasteiger partial charge in [0.1, 0.15) is 0 Å². The molecule has 0 unspecified atom stereocenters. The van der Waals surface area contributed by atoms with Gasteiger partial charge in [0.15, 0.2) is 0 Å². The van der Waals surface area contributed by atoms with E-state index >= 15 is 0 Å². The first-order valence-electron chi connectivity index (χ1n) is 3.63. The molecule has 0 bridgehead atoms. The maximum Gasteiger partial charge on any atom is 0.0408 e. The maximum atomic E-state index is 5.78. The standard InChI is InChI=1S/C9H12ClN.ClH/c1-6-5-8(10)3-4-9(6)7(2)11;/h3-5,7H,11H2,1-2H3;1H/t7-;/m1./s1. The fraction of sp³-hybridized carbons (Fsp3) is 0.333. The molecule has 1 rings (SSSR count). The zero-order chi connectivity index (χ0) is 8.43. The van der Waals surface area contributed by atoms with Crippen molar-refractivity contribution in [3.63, 3.8) is 0 Å². The molecular weight excluding hydrogens is 193 g/mol. The van der Waals surface area contributed by atoms with Gasteiger partial charge in [0, 0.05) is 11.1 Å². The Morgan fingerprint density at radius 1 is 1.42 bits per heavy atom. The zero-order valence-electron chi connectivity index (χ0n) is 7.17. The van der Waals surface area contributed by atoms with Crippen molar-refractivity contribution in [3.8, 4) is 0 Å². The predicted octanol–water partition coefficient (Wildman–Crippen LogP) is 3.09. The highest BCUT2D eigenvalue weighted by Crippen LogP contribution is 2.19. The number of benzene rings is 1. The third-order valence-electron chi connectivity index (χ3n) is 1.72. The average molecular weight is 206 g/mol. The molecule has 0 amide bonds. The smallest absolute Gasteiger partial charge is 0.0408 e. The van der Waals surface area contributed by atoms with E-state index in [0.29, 0.717) is 0 Å². The lowest BCUT2D eigenvalue weighted by atomic mass is 10.0. The fourth-order valence-corrected chi connectivity index (χ4v) is 1.38. The Balaban J connectivity index is 0.00000121. The summed E-state index contributed by atoms with van der Waals surface area (Å²) in [6.07, 6.45) is 0. The summed E-state index contributed by atoms with van der Waals surface area (Å²) in [4.78, 5) is 0. The van der Waals surface area contributed by atoms with Gasteiger partial charge in [0.25, 0.3) is 0 Å². The molecule has 68 valence electrons. The first-order chi connectivity index (χ1) is 5.11. The number of halogens is 2. The van der Waals surface area contributed by atoms with Crippen molar-refractivity contribution in [1.29, 1.82) is 0 Å². The van der Waals surface area contributed by atoms with Crippen LogP contribution in [0.3, 0.4) is 0 Å². The van der Waals surface area contributed by atoms with E-state index in [1.807, 2.05) is 32.0 Å². The molecule has 0 spiro atoms. The van der Waals surface area contributed by atoms with E-state index in [1.165, 1.54) is 0 Å². The van der Waals surface area contributed by atoms with Crippen molar-refractivity contribution in [3.05, 3.63) is 34.3 Å². The van der Waals surface area contributed by atoms with E-state index in [4.69, 9.17) is 17.3 Å². The van der Waals surface area contributed by atoms with Crippen molar-refractivity contribution in [1.82, 2.24) is 0 Å². The van der Waals surface area contributed by atoms with E-state index in [9.17, 15) is 0 Å². The Labute approximate surface area is 84.3 Å². The van der Waals surface area contributed by atoms with E-state index in [1.54, 1.807) is 0 Å². The summed E-state index contributed by atoms with van der Waals surface area (Å²) in [5.74, 6) is 0. The Morgan fingerprint density at radius 3 is 2.42 bits per heavy atom. The second kappa shape index (κ2) is 4.70. The van der Waals surface area contributed by atoms with Crippen molar-refractivity contribution in [2.75, 3.05) is 0 Å². The molecule has 0 radical (unpaired) electrons. The molecule has 0 aliphatic rings. The molecule has 0 aliphatic carbocycles. The van der Waals surface area contributed by atoms with Crippen LogP contribution in [-0.4, -0.2) is 0 Å². The second-order valence-corrected chi connectivity index (χ2v) is 3.23. The molecule has 2 N–H and O–H groups in total. The topological polar surface area (TPSA) is 26.0 Å². The van der Waals surface area contributed by atoms with Crippen molar-refractivity contribution >= 4 is 24.0 Å². The molecule has 1 aromatic carbocycles. The van der Waals surface area contributed by atoms with E-state index < -0.39 is 0 Å². The molecule has 1 nitrogen and oxygen atoms in total. The van der Waals surface area contributed by atoms with E-state index in [0.717, 1.165) is 16.1 Å². The van der Waals surface area contributed by atoms with Gasteiger partial charge in [-0.1, -0.05) is 17.7 Å². The van der Waals surface area contributed by atoms with Crippen LogP contribution in [0.5, 0.6) is 0 Å². The van der Waals surface area contributed by atoms with Crippen molar-refractivity contribution < 1.29 is 0 Å². The minimum absolute atomic E-state index is 0. The lowest BCUT2D eigenvalue weighted by Gasteiger charge is -2.08. The third-order valence-corrected chi connectivity index (χ3v) is 1.96. The molecular formula is C9H13Cl2N. The molecule has 0 aromatic heterocycles. The van der Waals surface area contributed by atoms with Crippen LogP contribution in [0.25, 0.3) is 0 Å². The quantitative estimate of drug-likeness (QED) is 0.750. The highest BCUT2D eigenvalue weighted by atomic mass is 35.5. The van der Waals surface area contributed by atoms with Gasteiger partial charge in [-0.05, 0) is 37.1 Å². The first kappa shape index (κ1) is 11.8. The van der Waals surface area contributed by atoms with Gasteiger partial charge in [-0.15, -0.1) is 12.4 Å². The molecule has 1 atom stereocenters. The minimum atomic E-state index is 0. The molecule has 0 saturated carbocycles. The highest BCUT2D eigenvalue weighted by molar-refractivity contribution is 6.30. The van der Waals surface area contributed by atoms with Crippen LogP contribution in [0.2, 0.25) is 5.02 Å². The molecule has 1 aromatic rings. The van der Waals surface area contributed by atoms with Gasteiger partial charge < -0.3 is 5.73 Å². The van der Waals surface area contributed by atoms with Crippen LogP contribution < -0.4 is 5.73 Å². The van der Waals surface area contributed by atoms with Crippen molar-refractivity contribution in [2.24, 2.45) is 5.73 Å². The molecule has 0 aliphatic heterocycles. The van der Waals surface area contributed by atoms with Gasteiger partial charge in [-0.2, -0.15) is 0 Å². The summed E-state index contributed by atoms with van der Waals surface area (Å²) in [5, 5.41) is 0.770. The summed E-state index contributed by atoms with van der Waals surface area (Å²) in [6.45, 7) is 3.99. The zero-order valence-corrected chi connectivity index (χ0v) is 8.75. The van der Waals surface area contributed by atoms with Gasteiger partial charge >= 0.3 is 0 Å². The van der Waals surface area contributed by atoms with Crippen LogP contribution >= 0.6 is 24.0 Å². The number of nitrogens with two attached hydrogens (primary N) is 1. The molecule has 0 saturated heterocycles. The van der Waals surface area contributed by atoms with Gasteiger partial charge in [-0.3, -0.25) is 0 Å². The van der Waals surface area contributed by atoms with E-state index in [-0.39, 0.29) is 18.4 Å². The molecule has 0 heterocycles. The summed E-state index contributed by atoms with van der Waals surface area (Å²) in [7, 11) is 0. The van der Waals surface area contributed by atoms with Crippen LogP contribution in [0.15, 0.2) is 18.2 Å². The number of rotatable bonds is 1. The second-order valence-electron chi connectivity index (χ2n) is 2.79. The lowest BCUT2D eigenvalue weighted by Crippen LogP contribution is -2.06. The van der Waals surface area contributed by atoms with Crippen LogP contribution in [0, 0.1) is 6.92 Å². The Bertz CT molecular complexity index is 259. The maximum absolute atomic E-state index is 5.78. The van der Waals surface area contributed by atoms with Crippen LogP contribution in [0.4, 0.5) is 0 Å². The first-order valence-corrected chi connectivity index (χ1v) is 4.00. The Hall–Kier alpha value is -0.240. The van der Waals surface area contributed by atoms with Crippen molar-refractivity contribution in [2.45, 2.75) is 19.9 Å². The van der Waals surface area contributed by atoms with E-state index in [2.05, 4.69) is 0 Å². The Kier molecular flexibility index (Phi) is 4.61. The highest BCUT2D eigenvalue weighted by Gasteiger charge is 2.02. The monoisotopic (exact) mass is 205 g/mol. The summed E-state index contributed by atoms with van der Waals surface area (Å²) >= 11 is 5.78. The lowest BCUT2D eigenvalue weighted by molar-refractivity contribution is 0.810. The summed E-state index contributed by atoms with van der Waals surface area (Å²) in [5.41, 5.74) is 8.04. The van der Waals surface area contributed by atoms with Crippen LogP contribution in [0.1, 0.15) is 24.1 Å². The number of hydrogen-bond donors (Lipinski definition) is 1. The third kappa shape index (κ3) is 2.67. The number of hydrogen-bond acceptors (Lipinski definition) is 1. The van der Waals surface area contributed by atoms with Gasteiger partial charge in [-0.25, -0.2) is 0 Å². The number of aryl methyl sites for hydroxylation is 1.